The molecule has 0 bridgehead atoms. The Labute approximate surface area is 194 Å². The Morgan fingerprint density at radius 1 is 1.06 bits per heavy atom. The average Bonchev–Trinajstić information content (AvgIpc) is 3.03. The molecule has 2 saturated carbocycles. The van der Waals surface area contributed by atoms with Crippen molar-refractivity contribution in [2.24, 2.45) is 28.5 Å². The molecular weight excluding hydrogens is 396 g/mol. The quantitative estimate of drug-likeness (QED) is 0.554. The number of rotatable bonds is 9. The predicted molar refractivity (Wildman–Crippen MR) is 130 cm³/mol. The second kappa shape index (κ2) is 10.8. The molecular formula is C27H42N4O. The van der Waals surface area contributed by atoms with Crippen LogP contribution >= 0.6 is 0 Å². The number of aromatic nitrogens is 1. The molecule has 2 N–H and O–H groups in total. The van der Waals surface area contributed by atoms with E-state index in [-0.39, 0.29) is 5.91 Å². The standard InChI is InChI=1S/C27H42N4O/c1-31-25(32)27(30-26(31)28,16-15-21-8-3-2-4-9-21)19-24-13-6-11-22(18-24)10-5-12-23-14-7-17-29-20-23/h7,14,17,20-22,24H,2-6,8-13,15-16,18-19H2,1H3,(H2,28,30)/t22-,24-,27-/m1/s1. The Morgan fingerprint density at radius 2 is 1.84 bits per heavy atom. The molecule has 1 amide bonds. The van der Waals surface area contributed by atoms with Crippen molar-refractivity contribution in [2.45, 2.75) is 102 Å². The van der Waals surface area contributed by atoms with Crippen molar-refractivity contribution >= 4 is 11.9 Å². The van der Waals surface area contributed by atoms with Gasteiger partial charge >= 0.3 is 0 Å². The summed E-state index contributed by atoms with van der Waals surface area (Å²) in [5.41, 5.74) is 6.90. The zero-order valence-electron chi connectivity index (χ0n) is 20.0. The molecule has 32 heavy (non-hydrogen) atoms. The number of hydrogen-bond acceptors (Lipinski definition) is 4. The summed E-state index contributed by atoms with van der Waals surface area (Å²) in [5, 5.41) is 0. The topological polar surface area (TPSA) is 71.6 Å². The first kappa shape index (κ1) is 23.3. The zero-order chi connectivity index (χ0) is 22.4. The average molecular weight is 439 g/mol. The fourth-order valence-corrected chi connectivity index (χ4v) is 6.54. The summed E-state index contributed by atoms with van der Waals surface area (Å²) in [6.07, 6.45) is 22.1. The van der Waals surface area contributed by atoms with Crippen LogP contribution in [0.25, 0.3) is 0 Å². The van der Waals surface area contributed by atoms with Gasteiger partial charge in [-0.15, -0.1) is 0 Å². The summed E-state index contributed by atoms with van der Waals surface area (Å²) in [5.74, 6) is 2.69. The van der Waals surface area contributed by atoms with Gasteiger partial charge in [-0.1, -0.05) is 63.9 Å². The third kappa shape index (κ3) is 5.71. The number of likely N-dealkylation sites (N-methyl/N-ethyl adjacent to an activating group) is 1. The van der Waals surface area contributed by atoms with Crippen LogP contribution in [0.2, 0.25) is 0 Å². The summed E-state index contributed by atoms with van der Waals surface area (Å²) < 4.78 is 0. The largest absolute Gasteiger partial charge is 0.369 e. The van der Waals surface area contributed by atoms with Crippen LogP contribution in [0.4, 0.5) is 0 Å². The van der Waals surface area contributed by atoms with Crippen molar-refractivity contribution in [3.05, 3.63) is 30.1 Å². The molecule has 5 heteroatoms. The molecule has 0 unspecified atom stereocenters. The highest BCUT2D eigenvalue weighted by atomic mass is 16.2. The molecule has 0 spiro atoms. The minimum atomic E-state index is -0.599. The molecule has 5 nitrogen and oxygen atoms in total. The molecule has 3 aliphatic rings. The van der Waals surface area contributed by atoms with Gasteiger partial charge in [-0.05, 0) is 67.9 Å². The molecule has 2 fully saturated rings. The first-order valence-electron chi connectivity index (χ1n) is 13.1. The number of carbonyl (C=O) groups is 1. The molecule has 0 radical (unpaired) electrons. The van der Waals surface area contributed by atoms with E-state index in [2.05, 4.69) is 11.1 Å². The van der Waals surface area contributed by atoms with E-state index in [1.165, 1.54) is 76.2 Å². The van der Waals surface area contributed by atoms with Gasteiger partial charge in [0.05, 0.1) is 0 Å². The number of pyridine rings is 1. The number of guanidine groups is 1. The maximum absolute atomic E-state index is 13.3. The van der Waals surface area contributed by atoms with Crippen LogP contribution in [-0.4, -0.2) is 34.3 Å². The third-order valence-electron chi connectivity index (χ3n) is 8.38. The Balaban J connectivity index is 1.34. The summed E-state index contributed by atoms with van der Waals surface area (Å²) in [4.78, 5) is 24.0. The third-order valence-corrected chi connectivity index (χ3v) is 8.38. The summed E-state index contributed by atoms with van der Waals surface area (Å²) in [6.45, 7) is 0. The van der Waals surface area contributed by atoms with Crippen LogP contribution < -0.4 is 5.73 Å². The monoisotopic (exact) mass is 438 g/mol. The van der Waals surface area contributed by atoms with Gasteiger partial charge in [-0.2, -0.15) is 0 Å². The van der Waals surface area contributed by atoms with Crippen LogP contribution in [0.1, 0.15) is 95.5 Å². The van der Waals surface area contributed by atoms with Crippen molar-refractivity contribution < 1.29 is 4.79 Å². The van der Waals surface area contributed by atoms with Crippen LogP contribution in [0.3, 0.4) is 0 Å². The number of amides is 1. The van der Waals surface area contributed by atoms with Gasteiger partial charge in [0.25, 0.3) is 5.91 Å². The second-order valence-corrected chi connectivity index (χ2v) is 10.8. The van der Waals surface area contributed by atoms with Crippen LogP contribution in [0.15, 0.2) is 29.5 Å². The number of aliphatic imine (C=N–C) groups is 1. The van der Waals surface area contributed by atoms with Crippen molar-refractivity contribution in [1.29, 1.82) is 0 Å². The minimum absolute atomic E-state index is 0.143. The fourth-order valence-electron chi connectivity index (χ4n) is 6.54. The minimum Gasteiger partial charge on any atom is -0.369 e. The number of nitrogens with zero attached hydrogens (tertiary/aromatic N) is 3. The Bertz CT molecular complexity index is 773. The molecule has 1 aromatic rings. The van der Waals surface area contributed by atoms with E-state index in [9.17, 15) is 4.79 Å². The summed E-state index contributed by atoms with van der Waals surface area (Å²) in [7, 11) is 1.80. The van der Waals surface area contributed by atoms with E-state index < -0.39 is 5.54 Å². The molecule has 1 aromatic heterocycles. The molecule has 0 saturated heterocycles. The summed E-state index contributed by atoms with van der Waals surface area (Å²) >= 11 is 0. The first-order valence-corrected chi connectivity index (χ1v) is 13.1. The van der Waals surface area contributed by atoms with Crippen LogP contribution in [0.5, 0.6) is 0 Å². The lowest BCUT2D eigenvalue weighted by molar-refractivity contribution is -0.131. The number of nitrogens with two attached hydrogens (primary N) is 1. The molecule has 0 aromatic carbocycles. The molecule has 3 atom stereocenters. The second-order valence-electron chi connectivity index (χ2n) is 10.8. The molecule has 176 valence electrons. The van der Waals surface area contributed by atoms with E-state index in [0.717, 1.165) is 37.5 Å². The van der Waals surface area contributed by atoms with E-state index in [0.29, 0.717) is 11.9 Å². The highest BCUT2D eigenvalue weighted by Gasteiger charge is 2.47. The SMILES string of the molecule is CN1C(=O)[C@@](CCC2CCCCC2)(C[C@@H]2CCC[C@@H](CCCc3cccnc3)C2)N=C1N. The lowest BCUT2D eigenvalue weighted by Gasteiger charge is -2.35. The number of carbonyl (C=O) groups excluding carboxylic acids is 1. The van der Waals surface area contributed by atoms with Gasteiger partial charge in [0, 0.05) is 19.4 Å². The van der Waals surface area contributed by atoms with Crippen LogP contribution in [-0.2, 0) is 11.2 Å². The molecule has 1 aliphatic heterocycles. The van der Waals surface area contributed by atoms with Crippen molar-refractivity contribution in [2.75, 3.05) is 7.05 Å². The van der Waals surface area contributed by atoms with Gasteiger partial charge in [0.2, 0.25) is 0 Å². The van der Waals surface area contributed by atoms with Crippen molar-refractivity contribution in [1.82, 2.24) is 9.88 Å². The number of aryl methyl sites for hydroxylation is 1. The Morgan fingerprint density at radius 3 is 2.56 bits per heavy atom. The lowest BCUT2D eigenvalue weighted by Crippen LogP contribution is -2.44. The smallest absolute Gasteiger partial charge is 0.257 e. The van der Waals surface area contributed by atoms with Gasteiger partial charge in [-0.3, -0.25) is 14.7 Å². The summed E-state index contributed by atoms with van der Waals surface area (Å²) in [6, 6.07) is 4.21. The highest BCUT2D eigenvalue weighted by Crippen LogP contribution is 2.42. The van der Waals surface area contributed by atoms with Gasteiger partial charge in [-0.25, -0.2) is 4.99 Å². The first-order chi connectivity index (χ1) is 15.6. The van der Waals surface area contributed by atoms with E-state index in [1.54, 1.807) is 11.9 Å². The van der Waals surface area contributed by atoms with Crippen molar-refractivity contribution in [3.63, 3.8) is 0 Å². The zero-order valence-corrected chi connectivity index (χ0v) is 20.0. The normalized spacial score (nSPS) is 29.3. The molecule has 2 aliphatic carbocycles. The Kier molecular flexibility index (Phi) is 7.85. The van der Waals surface area contributed by atoms with Gasteiger partial charge in [0.1, 0.15) is 5.54 Å². The van der Waals surface area contributed by atoms with Crippen molar-refractivity contribution in [3.8, 4) is 0 Å². The maximum atomic E-state index is 13.3. The van der Waals surface area contributed by atoms with E-state index in [1.807, 2.05) is 18.5 Å². The highest BCUT2D eigenvalue weighted by molar-refractivity contribution is 6.06. The predicted octanol–water partition coefficient (Wildman–Crippen LogP) is 5.49. The molecule has 2 heterocycles. The van der Waals surface area contributed by atoms with E-state index in [4.69, 9.17) is 10.7 Å². The number of hydrogen-bond donors (Lipinski definition) is 1. The van der Waals surface area contributed by atoms with E-state index >= 15 is 0 Å². The van der Waals surface area contributed by atoms with Gasteiger partial charge < -0.3 is 5.73 Å². The Hall–Kier alpha value is -1.91. The fraction of sp³-hybridized carbons (Fsp3) is 0.741. The lowest BCUT2D eigenvalue weighted by atomic mass is 9.72. The molecule has 4 rings (SSSR count). The maximum Gasteiger partial charge on any atom is 0.257 e. The van der Waals surface area contributed by atoms with Gasteiger partial charge in [0.15, 0.2) is 5.96 Å². The van der Waals surface area contributed by atoms with Crippen LogP contribution in [0, 0.1) is 17.8 Å².